The molecule has 0 atom stereocenters. The van der Waals surface area contributed by atoms with Crippen molar-refractivity contribution in [3.63, 3.8) is 0 Å². The summed E-state index contributed by atoms with van der Waals surface area (Å²) in [5, 5.41) is 12.5. The monoisotopic (exact) mass is 330 g/mol. The zero-order valence-corrected chi connectivity index (χ0v) is 13.5. The first kappa shape index (κ1) is 17.4. The highest BCUT2D eigenvalue weighted by Gasteiger charge is 2.15. The van der Waals surface area contributed by atoms with Crippen molar-refractivity contribution >= 4 is 22.9 Å². The molecule has 24 heavy (non-hydrogen) atoms. The van der Waals surface area contributed by atoms with Crippen LogP contribution >= 0.6 is 0 Å². The fourth-order valence-corrected chi connectivity index (χ4v) is 2.21. The van der Waals surface area contributed by atoms with Crippen molar-refractivity contribution in [2.24, 2.45) is 0 Å². The van der Waals surface area contributed by atoms with Gasteiger partial charge in [0.1, 0.15) is 18.3 Å². The van der Waals surface area contributed by atoms with E-state index in [1.165, 1.54) is 6.20 Å². The molecule has 1 amide bonds. The molecule has 2 aromatic heterocycles. The predicted molar refractivity (Wildman–Crippen MR) is 85.3 cm³/mol. The van der Waals surface area contributed by atoms with E-state index in [4.69, 9.17) is 9.47 Å². The van der Waals surface area contributed by atoms with Gasteiger partial charge in [0.05, 0.1) is 24.3 Å². The summed E-state index contributed by atoms with van der Waals surface area (Å²) < 4.78 is 11.4. The summed E-state index contributed by atoms with van der Waals surface area (Å²) in [7, 11) is 1.55. The summed E-state index contributed by atoms with van der Waals surface area (Å²) in [6.45, 7) is 2.81. The van der Waals surface area contributed by atoms with Crippen LogP contribution in [0.1, 0.15) is 22.8 Å². The number of carbonyl (C=O) groups excluding carboxylic acids is 2. The second-order valence-electron chi connectivity index (χ2n) is 4.94. The van der Waals surface area contributed by atoms with Crippen molar-refractivity contribution in [1.82, 2.24) is 14.9 Å². The number of nitrogens with one attached hydrogen (secondary N) is 1. The Morgan fingerprint density at radius 1 is 1.46 bits per heavy atom. The Morgan fingerprint density at radius 2 is 2.25 bits per heavy atom. The molecule has 0 unspecified atom stereocenters. The lowest BCUT2D eigenvalue weighted by atomic mass is 10.2. The van der Waals surface area contributed by atoms with E-state index in [1.807, 2.05) is 6.07 Å². The molecule has 0 saturated heterocycles. The molecule has 2 rings (SSSR count). The molecule has 126 valence electrons. The van der Waals surface area contributed by atoms with Gasteiger partial charge >= 0.3 is 5.97 Å². The third-order valence-electron chi connectivity index (χ3n) is 3.29. The molecule has 0 aliphatic heterocycles. The summed E-state index contributed by atoms with van der Waals surface area (Å²) in [5.74, 6) is -0.717. The molecule has 0 radical (unpaired) electrons. The number of fused-ring (bicyclic) bond motifs is 1. The highest BCUT2D eigenvalue weighted by molar-refractivity contribution is 5.95. The van der Waals surface area contributed by atoms with Crippen molar-refractivity contribution < 1.29 is 19.1 Å². The molecule has 2 aromatic rings. The predicted octanol–water partition coefficient (Wildman–Crippen LogP) is 0.847. The quantitative estimate of drug-likeness (QED) is 0.596. The number of aromatic nitrogens is 2. The van der Waals surface area contributed by atoms with Gasteiger partial charge < -0.3 is 19.4 Å². The van der Waals surface area contributed by atoms with Gasteiger partial charge in [0.25, 0.3) is 0 Å². The zero-order chi connectivity index (χ0) is 17.5. The third-order valence-corrected chi connectivity index (χ3v) is 3.29. The van der Waals surface area contributed by atoms with Crippen molar-refractivity contribution in [2.45, 2.75) is 13.5 Å². The van der Waals surface area contributed by atoms with Crippen LogP contribution in [0.15, 0.2) is 18.5 Å². The molecular weight excluding hydrogens is 312 g/mol. The van der Waals surface area contributed by atoms with Crippen LogP contribution in [-0.4, -0.2) is 48.3 Å². The van der Waals surface area contributed by atoms with Crippen LogP contribution in [0.4, 0.5) is 0 Å². The molecule has 0 fully saturated rings. The van der Waals surface area contributed by atoms with Gasteiger partial charge in [-0.05, 0) is 13.0 Å². The SMILES string of the molecule is CCOC(=O)c1cnc2c(c1)c(C#N)cn2CC(=O)NCCOC. The number of nitriles is 1. The number of methoxy groups -OCH3 is 1. The number of carbonyl (C=O) groups is 2. The Balaban J connectivity index is 2.28. The molecule has 8 heteroatoms. The van der Waals surface area contributed by atoms with E-state index >= 15 is 0 Å². The minimum atomic E-state index is -0.499. The number of amides is 1. The molecule has 8 nitrogen and oxygen atoms in total. The Morgan fingerprint density at radius 3 is 2.92 bits per heavy atom. The van der Waals surface area contributed by atoms with E-state index in [9.17, 15) is 14.9 Å². The van der Waals surface area contributed by atoms with Gasteiger partial charge in [0.15, 0.2) is 0 Å². The summed E-state index contributed by atoms with van der Waals surface area (Å²) in [6, 6.07) is 3.60. The van der Waals surface area contributed by atoms with Gasteiger partial charge in [-0.15, -0.1) is 0 Å². The topological polar surface area (TPSA) is 106 Å². The normalized spacial score (nSPS) is 10.4. The van der Waals surface area contributed by atoms with Crippen LogP contribution < -0.4 is 5.32 Å². The largest absolute Gasteiger partial charge is 0.462 e. The minimum absolute atomic E-state index is 0.0215. The Labute approximate surface area is 139 Å². The smallest absolute Gasteiger partial charge is 0.339 e. The van der Waals surface area contributed by atoms with E-state index in [2.05, 4.69) is 10.3 Å². The fraction of sp³-hybridized carbons (Fsp3) is 0.375. The number of pyridine rings is 1. The van der Waals surface area contributed by atoms with Crippen LogP contribution in [0.3, 0.4) is 0 Å². The van der Waals surface area contributed by atoms with E-state index in [0.717, 1.165) is 0 Å². The molecule has 0 bridgehead atoms. The van der Waals surface area contributed by atoms with Gasteiger partial charge in [-0.3, -0.25) is 4.79 Å². The van der Waals surface area contributed by atoms with E-state index in [1.54, 1.807) is 30.9 Å². The van der Waals surface area contributed by atoms with Crippen LogP contribution in [0.5, 0.6) is 0 Å². The first-order valence-electron chi connectivity index (χ1n) is 7.42. The molecule has 0 aromatic carbocycles. The molecule has 0 spiro atoms. The van der Waals surface area contributed by atoms with E-state index in [-0.39, 0.29) is 24.6 Å². The highest BCUT2D eigenvalue weighted by Crippen LogP contribution is 2.20. The number of nitrogens with zero attached hydrogens (tertiary/aromatic N) is 3. The molecule has 0 saturated carbocycles. The van der Waals surface area contributed by atoms with Gasteiger partial charge in [0, 0.05) is 31.4 Å². The lowest BCUT2D eigenvalue weighted by molar-refractivity contribution is -0.121. The average molecular weight is 330 g/mol. The second-order valence-corrected chi connectivity index (χ2v) is 4.94. The number of rotatable bonds is 7. The van der Waals surface area contributed by atoms with Crippen LogP contribution in [0.25, 0.3) is 11.0 Å². The average Bonchev–Trinajstić information content (AvgIpc) is 2.92. The van der Waals surface area contributed by atoms with Crippen LogP contribution in [0.2, 0.25) is 0 Å². The lowest BCUT2D eigenvalue weighted by Gasteiger charge is -2.06. The summed E-state index contributed by atoms with van der Waals surface area (Å²) >= 11 is 0. The van der Waals surface area contributed by atoms with Gasteiger partial charge in [-0.2, -0.15) is 5.26 Å². The number of esters is 1. The van der Waals surface area contributed by atoms with Crippen molar-refractivity contribution in [1.29, 1.82) is 5.26 Å². The summed E-state index contributed by atoms with van der Waals surface area (Å²) in [4.78, 5) is 27.9. The first-order chi connectivity index (χ1) is 11.6. The zero-order valence-electron chi connectivity index (χ0n) is 13.5. The van der Waals surface area contributed by atoms with Crippen LogP contribution in [0, 0.1) is 11.3 Å². The minimum Gasteiger partial charge on any atom is -0.462 e. The standard InChI is InChI=1S/C16H18N4O4/c1-3-24-16(22)11-6-13-12(7-17)9-20(15(13)19-8-11)10-14(21)18-4-5-23-2/h6,8-9H,3-5,10H2,1-2H3,(H,18,21). The molecule has 2 heterocycles. The lowest BCUT2D eigenvalue weighted by Crippen LogP contribution is -2.30. The second kappa shape index (κ2) is 8.08. The maximum absolute atomic E-state index is 11.9. The van der Waals surface area contributed by atoms with Crippen molar-refractivity contribution in [3.05, 3.63) is 29.6 Å². The molecule has 1 N–H and O–H groups in total. The van der Waals surface area contributed by atoms with Gasteiger partial charge in [0.2, 0.25) is 5.91 Å². The number of hydrogen-bond donors (Lipinski definition) is 1. The summed E-state index contributed by atoms with van der Waals surface area (Å²) in [5.41, 5.74) is 1.07. The highest BCUT2D eigenvalue weighted by atomic mass is 16.5. The van der Waals surface area contributed by atoms with E-state index < -0.39 is 5.97 Å². The third kappa shape index (κ3) is 3.88. The fourth-order valence-electron chi connectivity index (χ4n) is 2.21. The number of ether oxygens (including phenoxy) is 2. The Hall–Kier alpha value is -2.92. The van der Waals surface area contributed by atoms with E-state index in [0.29, 0.717) is 29.7 Å². The van der Waals surface area contributed by atoms with Gasteiger partial charge in [-0.1, -0.05) is 0 Å². The Kier molecular flexibility index (Phi) is 5.87. The van der Waals surface area contributed by atoms with Crippen LogP contribution in [-0.2, 0) is 20.8 Å². The Bertz CT molecular complexity index is 791. The molecule has 0 aliphatic rings. The van der Waals surface area contributed by atoms with Crippen molar-refractivity contribution in [3.8, 4) is 6.07 Å². The first-order valence-corrected chi connectivity index (χ1v) is 7.42. The maximum atomic E-state index is 11.9. The molecular formula is C16H18N4O4. The molecule has 0 aliphatic carbocycles. The summed E-state index contributed by atoms with van der Waals surface area (Å²) in [6.07, 6.45) is 2.92. The van der Waals surface area contributed by atoms with Crippen molar-refractivity contribution in [2.75, 3.05) is 26.9 Å². The maximum Gasteiger partial charge on any atom is 0.339 e. The van der Waals surface area contributed by atoms with Gasteiger partial charge in [-0.25, -0.2) is 9.78 Å². The number of hydrogen-bond acceptors (Lipinski definition) is 6.